The third-order valence-corrected chi connectivity index (χ3v) is 4.97. The number of Topliss-reactive ketones (excluding diaryl/α,β-unsaturated/α-hetero) is 2. The summed E-state index contributed by atoms with van der Waals surface area (Å²) in [7, 11) is 1.45. The summed E-state index contributed by atoms with van der Waals surface area (Å²) in [6.07, 6.45) is -3.71. The van der Waals surface area contributed by atoms with Gasteiger partial charge < -0.3 is 9.47 Å². The van der Waals surface area contributed by atoms with Crippen LogP contribution in [0.1, 0.15) is 35.7 Å². The number of hydrogen-bond acceptors (Lipinski definition) is 6. The molecule has 9 heteroatoms. The van der Waals surface area contributed by atoms with Gasteiger partial charge in [0.15, 0.2) is 11.6 Å². The number of fused-ring (bicyclic) bond motifs is 2. The van der Waals surface area contributed by atoms with Gasteiger partial charge in [0, 0.05) is 18.6 Å². The van der Waals surface area contributed by atoms with Crippen LogP contribution in [-0.4, -0.2) is 43.2 Å². The number of halogens is 3. The zero-order valence-electron chi connectivity index (χ0n) is 15.0. The second kappa shape index (κ2) is 7.92. The maximum Gasteiger partial charge on any atom is 0.433 e. The summed E-state index contributed by atoms with van der Waals surface area (Å²) in [5, 5.41) is 0. The van der Waals surface area contributed by atoms with Crippen molar-refractivity contribution in [3.8, 4) is 0 Å². The zero-order chi connectivity index (χ0) is 20.5. The predicted octanol–water partition coefficient (Wildman–Crippen LogP) is 2.40. The largest absolute Gasteiger partial charge is 0.433 e. The van der Waals surface area contributed by atoms with E-state index in [0.29, 0.717) is 11.9 Å². The molecule has 2 unspecified atom stereocenters. The zero-order valence-corrected chi connectivity index (χ0v) is 15.0. The fourth-order valence-electron chi connectivity index (χ4n) is 3.61. The number of methoxy groups -OCH3 is 1. The highest BCUT2D eigenvalue weighted by atomic mass is 19.4. The summed E-state index contributed by atoms with van der Waals surface area (Å²) >= 11 is 0. The Hall–Kier alpha value is -2.39. The number of alkyl halides is 3. The van der Waals surface area contributed by atoms with Crippen LogP contribution >= 0.6 is 0 Å². The number of rotatable bonds is 7. The van der Waals surface area contributed by atoms with Crippen molar-refractivity contribution in [3.63, 3.8) is 0 Å². The fourth-order valence-corrected chi connectivity index (χ4v) is 3.61. The lowest BCUT2D eigenvalue weighted by Crippen LogP contribution is -2.33. The summed E-state index contributed by atoms with van der Waals surface area (Å²) in [5.41, 5.74) is -0.575. The van der Waals surface area contributed by atoms with Crippen molar-refractivity contribution < 1.29 is 37.0 Å². The smallest absolute Gasteiger partial charge is 0.382 e. The maximum absolute atomic E-state index is 13.1. The topological polar surface area (TPSA) is 82.6 Å². The van der Waals surface area contributed by atoms with Crippen LogP contribution in [0.15, 0.2) is 23.3 Å². The summed E-state index contributed by atoms with van der Waals surface area (Å²) in [6, 6.07) is 1.86. The Kier molecular flexibility index (Phi) is 5.76. The minimum atomic E-state index is -4.67. The third kappa shape index (κ3) is 3.77. The van der Waals surface area contributed by atoms with E-state index in [2.05, 4.69) is 4.98 Å². The molecule has 0 spiro atoms. The lowest BCUT2D eigenvalue weighted by molar-refractivity contribution is -0.141. The second-order valence-electron chi connectivity index (χ2n) is 6.70. The molecule has 1 fully saturated rings. The number of aromatic nitrogens is 1. The van der Waals surface area contributed by atoms with Gasteiger partial charge in [0.05, 0.1) is 25.5 Å². The molecule has 0 saturated heterocycles. The van der Waals surface area contributed by atoms with E-state index < -0.39 is 35.3 Å². The quantitative estimate of drug-likeness (QED) is 0.399. The molecule has 6 nitrogen and oxygen atoms in total. The van der Waals surface area contributed by atoms with E-state index in [1.807, 2.05) is 0 Å². The number of nitrogens with zero attached hydrogens (tertiary/aromatic N) is 1. The summed E-state index contributed by atoms with van der Waals surface area (Å²) in [6.45, 7) is 0.0423. The molecule has 2 atom stereocenters. The van der Waals surface area contributed by atoms with Gasteiger partial charge in [-0.25, -0.2) is 4.98 Å². The molecule has 0 aliphatic heterocycles. The Bertz CT molecular complexity index is 844. The van der Waals surface area contributed by atoms with E-state index in [-0.39, 0.29) is 49.5 Å². The van der Waals surface area contributed by atoms with Crippen LogP contribution in [0.25, 0.3) is 0 Å². The Morgan fingerprint density at radius 1 is 1.21 bits per heavy atom. The molecule has 1 aromatic heterocycles. The molecule has 3 rings (SSSR count). The van der Waals surface area contributed by atoms with Gasteiger partial charge in [-0.05, 0) is 30.0 Å². The lowest BCUT2D eigenvalue weighted by Gasteiger charge is -2.25. The molecule has 0 aromatic carbocycles. The second-order valence-corrected chi connectivity index (χ2v) is 6.70. The number of pyridine rings is 1. The molecular weight excluding hydrogens is 379 g/mol. The molecule has 0 N–H and O–H groups in total. The van der Waals surface area contributed by atoms with Crippen LogP contribution in [0, 0.1) is 5.92 Å². The van der Waals surface area contributed by atoms with Crippen molar-refractivity contribution >= 4 is 17.9 Å². The van der Waals surface area contributed by atoms with Gasteiger partial charge in [0.1, 0.15) is 17.9 Å². The Morgan fingerprint density at radius 2 is 1.96 bits per heavy atom. The van der Waals surface area contributed by atoms with Crippen LogP contribution in [0.4, 0.5) is 13.2 Å². The van der Waals surface area contributed by atoms with Crippen molar-refractivity contribution in [2.45, 2.75) is 31.5 Å². The Labute approximate surface area is 158 Å². The van der Waals surface area contributed by atoms with Crippen LogP contribution in [0.2, 0.25) is 0 Å². The van der Waals surface area contributed by atoms with Crippen molar-refractivity contribution in [3.05, 3.63) is 40.2 Å². The summed E-state index contributed by atoms with van der Waals surface area (Å²) < 4.78 is 49.3. The van der Waals surface area contributed by atoms with Crippen LogP contribution in [0.3, 0.4) is 0 Å². The Morgan fingerprint density at radius 3 is 2.61 bits per heavy atom. The van der Waals surface area contributed by atoms with Gasteiger partial charge >= 0.3 is 6.18 Å². The van der Waals surface area contributed by atoms with Gasteiger partial charge in [-0.3, -0.25) is 14.4 Å². The first kappa shape index (κ1) is 20.3. The van der Waals surface area contributed by atoms with Gasteiger partial charge in [-0.2, -0.15) is 13.2 Å². The molecule has 1 aromatic rings. The first-order valence-corrected chi connectivity index (χ1v) is 8.66. The standard InChI is InChI=1S/C19H18F3NO5/c1-27-4-5-28-9-14-12(2-3-15(23-14)19(20,21)22)16-17(25)10-6-11(8-24)13(7-10)18(16)26/h2-3,8,10,16H,4-7,9H2,1H3. The minimum Gasteiger partial charge on any atom is -0.382 e. The van der Waals surface area contributed by atoms with E-state index in [9.17, 15) is 27.6 Å². The van der Waals surface area contributed by atoms with E-state index >= 15 is 0 Å². The molecule has 1 heterocycles. The monoisotopic (exact) mass is 397 g/mol. The van der Waals surface area contributed by atoms with Crippen molar-refractivity contribution in [1.29, 1.82) is 0 Å². The van der Waals surface area contributed by atoms with Gasteiger partial charge in [-0.15, -0.1) is 0 Å². The molecular formula is C19H18F3NO5. The SMILES string of the molecule is COCCOCc1nc(C(F)(F)F)ccc1C1C(=O)C2=C(C=O)CC(C2)C1=O. The number of carbonyl (C=O) groups is 3. The average Bonchev–Trinajstić information content (AvgIpc) is 3.05. The molecule has 0 radical (unpaired) electrons. The molecule has 0 amide bonds. The highest BCUT2D eigenvalue weighted by Crippen LogP contribution is 2.44. The lowest BCUT2D eigenvalue weighted by atomic mass is 9.76. The predicted molar refractivity (Wildman–Crippen MR) is 89.3 cm³/mol. The Balaban J connectivity index is 2.00. The van der Waals surface area contributed by atoms with Crippen molar-refractivity contribution in [2.75, 3.05) is 20.3 Å². The maximum atomic E-state index is 13.1. The number of carbonyl (C=O) groups excluding carboxylic acids is 3. The van der Waals surface area contributed by atoms with Crippen LogP contribution in [-0.2, 0) is 36.6 Å². The molecule has 1 saturated carbocycles. The molecule has 28 heavy (non-hydrogen) atoms. The van der Waals surface area contributed by atoms with Gasteiger partial charge in [0.2, 0.25) is 0 Å². The van der Waals surface area contributed by atoms with Gasteiger partial charge in [0.25, 0.3) is 0 Å². The highest BCUT2D eigenvalue weighted by Gasteiger charge is 2.47. The first-order valence-electron chi connectivity index (χ1n) is 8.66. The average molecular weight is 397 g/mol. The summed E-state index contributed by atoms with van der Waals surface area (Å²) in [4.78, 5) is 40.4. The first-order chi connectivity index (χ1) is 13.3. The number of allylic oxidation sites excluding steroid dienone is 2. The molecule has 2 aliphatic rings. The normalized spacial score (nSPS) is 22.1. The number of ether oxygens (including phenoxy) is 2. The van der Waals surface area contributed by atoms with Crippen molar-refractivity contribution in [1.82, 2.24) is 4.98 Å². The number of ketones is 2. The van der Waals surface area contributed by atoms with Crippen molar-refractivity contribution in [2.24, 2.45) is 5.92 Å². The molecule has 2 bridgehead atoms. The fraction of sp³-hybridized carbons (Fsp3) is 0.474. The molecule has 2 aliphatic carbocycles. The highest BCUT2D eigenvalue weighted by molar-refractivity contribution is 6.21. The summed E-state index contributed by atoms with van der Waals surface area (Å²) in [5.74, 6) is -2.71. The van der Waals surface area contributed by atoms with E-state index in [1.165, 1.54) is 7.11 Å². The van der Waals surface area contributed by atoms with E-state index in [1.54, 1.807) is 0 Å². The number of aldehydes is 1. The van der Waals surface area contributed by atoms with Crippen LogP contribution in [0.5, 0.6) is 0 Å². The van der Waals surface area contributed by atoms with Crippen LogP contribution < -0.4 is 0 Å². The third-order valence-electron chi connectivity index (χ3n) is 4.97. The van der Waals surface area contributed by atoms with E-state index in [4.69, 9.17) is 9.47 Å². The van der Waals surface area contributed by atoms with Gasteiger partial charge in [-0.1, -0.05) is 6.07 Å². The minimum absolute atomic E-state index is 0.0924. The molecule has 150 valence electrons. The number of hydrogen-bond donors (Lipinski definition) is 0. The van der Waals surface area contributed by atoms with E-state index in [0.717, 1.165) is 12.1 Å².